The van der Waals surface area contributed by atoms with Crippen LogP contribution in [0.5, 0.6) is 5.75 Å². The van der Waals surface area contributed by atoms with E-state index in [1.165, 1.54) is 0 Å². The van der Waals surface area contributed by atoms with Gasteiger partial charge in [-0.25, -0.2) is 0 Å². The lowest BCUT2D eigenvalue weighted by Gasteiger charge is -2.14. The molecular weight excluding hydrogens is 274 g/mol. The zero-order chi connectivity index (χ0) is 14.4. The number of hydrogen-bond acceptors (Lipinski definition) is 3. The maximum atomic E-state index is 9.88. The molecule has 2 aromatic rings. The van der Waals surface area contributed by atoms with Gasteiger partial charge in [-0.05, 0) is 48.9 Å². The second-order valence-corrected chi connectivity index (χ2v) is 5.11. The summed E-state index contributed by atoms with van der Waals surface area (Å²) in [6.07, 6.45) is -0.578. The molecule has 2 aromatic carbocycles. The average molecular weight is 292 g/mol. The highest BCUT2D eigenvalue weighted by molar-refractivity contribution is 6.30. The third-order valence-corrected chi connectivity index (χ3v) is 3.07. The quantitative estimate of drug-likeness (QED) is 0.856. The molecule has 0 heterocycles. The monoisotopic (exact) mass is 291 g/mol. The lowest BCUT2D eigenvalue weighted by atomic mass is 10.2. The third-order valence-electron chi connectivity index (χ3n) is 2.82. The molecule has 0 bridgehead atoms. The van der Waals surface area contributed by atoms with Crippen molar-refractivity contribution in [1.82, 2.24) is 0 Å². The molecule has 0 fully saturated rings. The molecule has 0 aromatic heterocycles. The molecule has 2 rings (SSSR count). The summed E-state index contributed by atoms with van der Waals surface area (Å²) >= 11 is 5.81. The van der Waals surface area contributed by atoms with Crippen molar-refractivity contribution < 1.29 is 9.84 Å². The van der Waals surface area contributed by atoms with Gasteiger partial charge in [-0.15, -0.1) is 0 Å². The summed E-state index contributed by atoms with van der Waals surface area (Å²) in [5.74, 6) is 0.774. The number of benzene rings is 2. The Kier molecular flexibility index (Phi) is 5.27. The number of ether oxygens (including phenoxy) is 1. The van der Waals surface area contributed by atoms with Gasteiger partial charge in [0.1, 0.15) is 18.5 Å². The standard InChI is InChI=1S/C16H18ClNO2/c1-12-3-2-4-16(9-12)20-11-15(19)10-18-14-7-5-13(17)6-8-14/h2-9,15,18-19H,10-11H2,1H3. The van der Waals surface area contributed by atoms with E-state index in [1.54, 1.807) is 12.1 Å². The van der Waals surface area contributed by atoms with Crippen LogP contribution in [-0.4, -0.2) is 24.4 Å². The van der Waals surface area contributed by atoms with E-state index >= 15 is 0 Å². The van der Waals surface area contributed by atoms with Gasteiger partial charge in [0.25, 0.3) is 0 Å². The van der Waals surface area contributed by atoms with Crippen molar-refractivity contribution in [2.75, 3.05) is 18.5 Å². The summed E-state index contributed by atoms with van der Waals surface area (Å²) in [5.41, 5.74) is 2.06. The topological polar surface area (TPSA) is 41.5 Å². The van der Waals surface area contributed by atoms with E-state index in [1.807, 2.05) is 43.3 Å². The van der Waals surface area contributed by atoms with Crippen molar-refractivity contribution in [3.8, 4) is 5.75 Å². The molecule has 1 atom stereocenters. The Balaban J connectivity index is 1.75. The number of nitrogens with one attached hydrogen (secondary N) is 1. The molecule has 4 heteroatoms. The second kappa shape index (κ2) is 7.17. The van der Waals surface area contributed by atoms with E-state index in [9.17, 15) is 5.11 Å². The lowest BCUT2D eigenvalue weighted by molar-refractivity contribution is 0.117. The van der Waals surface area contributed by atoms with Crippen LogP contribution in [0.4, 0.5) is 5.69 Å². The van der Waals surface area contributed by atoms with Crippen LogP contribution in [0.1, 0.15) is 5.56 Å². The minimum Gasteiger partial charge on any atom is -0.491 e. The van der Waals surface area contributed by atoms with Gasteiger partial charge in [0, 0.05) is 17.3 Å². The van der Waals surface area contributed by atoms with Gasteiger partial charge < -0.3 is 15.2 Å². The van der Waals surface area contributed by atoms with E-state index in [0.29, 0.717) is 11.6 Å². The zero-order valence-electron chi connectivity index (χ0n) is 11.3. The second-order valence-electron chi connectivity index (χ2n) is 4.67. The maximum Gasteiger partial charge on any atom is 0.119 e. The third kappa shape index (κ3) is 4.76. The summed E-state index contributed by atoms with van der Waals surface area (Å²) in [6.45, 7) is 2.68. The van der Waals surface area contributed by atoms with Crippen molar-refractivity contribution >= 4 is 17.3 Å². The molecule has 2 N–H and O–H groups in total. The van der Waals surface area contributed by atoms with Gasteiger partial charge >= 0.3 is 0 Å². The van der Waals surface area contributed by atoms with Crippen molar-refractivity contribution in [3.05, 3.63) is 59.1 Å². The number of rotatable bonds is 6. The largest absolute Gasteiger partial charge is 0.491 e. The highest BCUT2D eigenvalue weighted by Gasteiger charge is 2.05. The van der Waals surface area contributed by atoms with Gasteiger partial charge in [0.15, 0.2) is 0 Å². The fourth-order valence-electron chi connectivity index (χ4n) is 1.76. The molecule has 0 spiro atoms. The summed E-state index contributed by atoms with van der Waals surface area (Å²) < 4.78 is 5.55. The molecule has 0 amide bonds. The lowest BCUT2D eigenvalue weighted by Crippen LogP contribution is -2.26. The first-order valence-corrected chi connectivity index (χ1v) is 6.88. The number of aliphatic hydroxyl groups is 1. The van der Waals surface area contributed by atoms with Gasteiger partial charge in [0.05, 0.1) is 0 Å². The predicted octanol–water partition coefficient (Wildman–Crippen LogP) is 3.50. The molecule has 20 heavy (non-hydrogen) atoms. The number of halogens is 1. The molecule has 3 nitrogen and oxygen atoms in total. The molecular formula is C16H18ClNO2. The fourth-order valence-corrected chi connectivity index (χ4v) is 1.89. The predicted molar refractivity (Wildman–Crippen MR) is 82.6 cm³/mol. The van der Waals surface area contributed by atoms with Crippen LogP contribution in [0.2, 0.25) is 5.02 Å². The molecule has 0 saturated carbocycles. The Morgan fingerprint density at radius 2 is 1.95 bits per heavy atom. The minimum atomic E-state index is -0.578. The number of aliphatic hydroxyl groups excluding tert-OH is 1. The van der Waals surface area contributed by atoms with E-state index in [4.69, 9.17) is 16.3 Å². The van der Waals surface area contributed by atoms with Gasteiger partial charge in [-0.3, -0.25) is 0 Å². The van der Waals surface area contributed by atoms with Gasteiger partial charge in [-0.1, -0.05) is 23.7 Å². The summed E-state index contributed by atoms with van der Waals surface area (Å²) in [6, 6.07) is 15.1. The normalized spacial score (nSPS) is 11.9. The molecule has 0 aliphatic heterocycles. The van der Waals surface area contributed by atoms with Crippen LogP contribution < -0.4 is 10.1 Å². The highest BCUT2D eigenvalue weighted by atomic mass is 35.5. The molecule has 0 aliphatic rings. The van der Waals surface area contributed by atoms with Gasteiger partial charge in [-0.2, -0.15) is 0 Å². The first-order chi connectivity index (χ1) is 9.63. The minimum absolute atomic E-state index is 0.254. The van der Waals surface area contributed by atoms with Crippen LogP contribution in [0.3, 0.4) is 0 Å². The number of hydrogen-bond donors (Lipinski definition) is 2. The Bertz CT molecular complexity index is 542. The first-order valence-electron chi connectivity index (χ1n) is 6.50. The van der Waals surface area contributed by atoms with Crippen LogP contribution in [0.25, 0.3) is 0 Å². The number of anilines is 1. The highest BCUT2D eigenvalue weighted by Crippen LogP contribution is 2.14. The average Bonchev–Trinajstić information content (AvgIpc) is 2.45. The molecule has 0 radical (unpaired) electrons. The van der Waals surface area contributed by atoms with E-state index < -0.39 is 6.10 Å². The Hall–Kier alpha value is -1.71. The maximum absolute atomic E-state index is 9.88. The summed E-state index contributed by atoms with van der Waals surface area (Å²) in [4.78, 5) is 0. The van der Waals surface area contributed by atoms with Crippen molar-refractivity contribution in [3.63, 3.8) is 0 Å². The van der Waals surface area contributed by atoms with Crippen LogP contribution >= 0.6 is 11.6 Å². The molecule has 0 saturated heterocycles. The molecule has 0 aliphatic carbocycles. The van der Waals surface area contributed by atoms with Crippen LogP contribution in [-0.2, 0) is 0 Å². The molecule has 106 valence electrons. The number of aryl methyl sites for hydroxylation is 1. The SMILES string of the molecule is Cc1cccc(OCC(O)CNc2ccc(Cl)cc2)c1. The van der Waals surface area contributed by atoms with Crippen molar-refractivity contribution in [2.24, 2.45) is 0 Å². The Morgan fingerprint density at radius 3 is 2.65 bits per heavy atom. The van der Waals surface area contributed by atoms with E-state index in [-0.39, 0.29) is 6.61 Å². The van der Waals surface area contributed by atoms with Gasteiger partial charge in [0.2, 0.25) is 0 Å². The fraction of sp³-hybridized carbons (Fsp3) is 0.250. The first kappa shape index (κ1) is 14.7. The van der Waals surface area contributed by atoms with E-state index in [0.717, 1.165) is 17.0 Å². The van der Waals surface area contributed by atoms with Crippen molar-refractivity contribution in [1.29, 1.82) is 0 Å². The van der Waals surface area contributed by atoms with Crippen molar-refractivity contribution in [2.45, 2.75) is 13.0 Å². The van der Waals surface area contributed by atoms with Crippen LogP contribution in [0.15, 0.2) is 48.5 Å². The summed E-state index contributed by atoms with van der Waals surface area (Å²) in [7, 11) is 0. The zero-order valence-corrected chi connectivity index (χ0v) is 12.1. The Labute approximate surface area is 124 Å². The molecule has 1 unspecified atom stereocenters. The van der Waals surface area contributed by atoms with Crippen LogP contribution in [0, 0.1) is 6.92 Å². The smallest absolute Gasteiger partial charge is 0.119 e. The Morgan fingerprint density at radius 1 is 1.20 bits per heavy atom. The summed E-state index contributed by atoms with van der Waals surface area (Å²) in [5, 5.41) is 13.7. The van der Waals surface area contributed by atoms with E-state index in [2.05, 4.69) is 5.32 Å².